The molecular formula is C13H12N2O2. The van der Waals surface area contributed by atoms with Crippen molar-refractivity contribution in [3.05, 3.63) is 53.3 Å². The Labute approximate surface area is 99.3 Å². The summed E-state index contributed by atoms with van der Waals surface area (Å²) in [5, 5.41) is 0. The number of nitrogens with zero attached hydrogens (tertiary/aromatic N) is 2. The van der Waals surface area contributed by atoms with Gasteiger partial charge >= 0.3 is 12.0 Å². The zero-order valence-electron chi connectivity index (χ0n) is 9.68. The first kappa shape index (κ1) is 11.3. The minimum absolute atomic E-state index is 0.0938. The van der Waals surface area contributed by atoms with Crippen LogP contribution in [0.4, 0.5) is 0 Å². The molecule has 0 unspecified atom stereocenters. The average molecular weight is 228 g/mol. The van der Waals surface area contributed by atoms with Crippen LogP contribution in [0.2, 0.25) is 0 Å². The molecule has 4 heteroatoms. The third-order valence-corrected chi connectivity index (χ3v) is 2.16. The molecule has 0 spiro atoms. The molecule has 4 nitrogen and oxygen atoms in total. The van der Waals surface area contributed by atoms with Gasteiger partial charge in [-0.1, -0.05) is 18.2 Å². The summed E-state index contributed by atoms with van der Waals surface area (Å²) in [6, 6.07) is 10.7. The summed E-state index contributed by atoms with van der Waals surface area (Å²) in [6.45, 7) is 3.66. The van der Waals surface area contributed by atoms with Crippen molar-refractivity contribution >= 4 is 5.97 Å². The Morgan fingerprint density at radius 1 is 1.06 bits per heavy atom. The maximum absolute atomic E-state index is 11.7. The molecule has 0 aliphatic heterocycles. The lowest BCUT2D eigenvalue weighted by Gasteiger charge is -2.03. The number of esters is 1. The van der Waals surface area contributed by atoms with Gasteiger partial charge in [-0.05, 0) is 32.0 Å². The number of carbonyl (C=O) groups excluding carboxylic acids is 1. The molecular weight excluding hydrogens is 216 g/mol. The molecule has 0 aliphatic carbocycles. The number of benzene rings is 1. The van der Waals surface area contributed by atoms with Gasteiger partial charge in [-0.2, -0.15) is 0 Å². The molecule has 0 fully saturated rings. The lowest BCUT2D eigenvalue weighted by molar-refractivity contribution is 0.0719. The maximum atomic E-state index is 11.7. The number of hydrogen-bond acceptors (Lipinski definition) is 4. The van der Waals surface area contributed by atoms with Crippen LogP contribution < -0.4 is 4.74 Å². The van der Waals surface area contributed by atoms with Gasteiger partial charge in [0, 0.05) is 11.4 Å². The molecule has 86 valence electrons. The summed E-state index contributed by atoms with van der Waals surface area (Å²) >= 11 is 0. The highest BCUT2D eigenvalue weighted by atomic mass is 16.5. The van der Waals surface area contributed by atoms with E-state index in [-0.39, 0.29) is 6.01 Å². The predicted molar refractivity (Wildman–Crippen MR) is 62.9 cm³/mol. The highest BCUT2D eigenvalue weighted by molar-refractivity contribution is 5.90. The lowest BCUT2D eigenvalue weighted by atomic mass is 10.2. The molecule has 0 aliphatic rings. The van der Waals surface area contributed by atoms with Crippen LogP contribution >= 0.6 is 0 Å². The van der Waals surface area contributed by atoms with E-state index in [0.717, 1.165) is 11.4 Å². The normalized spacial score (nSPS) is 10.0. The zero-order chi connectivity index (χ0) is 12.3. The number of aromatic nitrogens is 2. The van der Waals surface area contributed by atoms with Gasteiger partial charge < -0.3 is 4.74 Å². The molecule has 0 saturated heterocycles. The summed E-state index contributed by atoms with van der Waals surface area (Å²) in [7, 11) is 0. The fourth-order valence-corrected chi connectivity index (χ4v) is 1.46. The van der Waals surface area contributed by atoms with E-state index in [1.807, 2.05) is 26.0 Å². The number of rotatable bonds is 2. The van der Waals surface area contributed by atoms with Gasteiger partial charge in [0.25, 0.3) is 0 Å². The second kappa shape index (κ2) is 4.74. The monoisotopic (exact) mass is 228 g/mol. The van der Waals surface area contributed by atoms with Gasteiger partial charge in [0.2, 0.25) is 0 Å². The smallest absolute Gasteiger partial charge is 0.345 e. The highest BCUT2D eigenvalue weighted by Crippen LogP contribution is 2.09. The van der Waals surface area contributed by atoms with E-state index in [9.17, 15) is 4.79 Å². The van der Waals surface area contributed by atoms with Crippen LogP contribution in [-0.4, -0.2) is 15.9 Å². The van der Waals surface area contributed by atoms with Crippen molar-refractivity contribution in [3.63, 3.8) is 0 Å². The SMILES string of the molecule is Cc1cc(C)nc(OC(=O)c2ccccc2)n1. The fourth-order valence-electron chi connectivity index (χ4n) is 1.46. The lowest BCUT2D eigenvalue weighted by Crippen LogP contribution is -2.11. The first-order valence-electron chi connectivity index (χ1n) is 5.24. The van der Waals surface area contributed by atoms with Crippen molar-refractivity contribution < 1.29 is 9.53 Å². The minimum atomic E-state index is -0.449. The molecule has 0 N–H and O–H groups in total. The van der Waals surface area contributed by atoms with Crippen molar-refractivity contribution in [2.75, 3.05) is 0 Å². The highest BCUT2D eigenvalue weighted by Gasteiger charge is 2.10. The van der Waals surface area contributed by atoms with Crippen LogP contribution in [0.1, 0.15) is 21.7 Å². The van der Waals surface area contributed by atoms with Crippen molar-refractivity contribution in [1.29, 1.82) is 0 Å². The molecule has 0 atom stereocenters. The fraction of sp³-hybridized carbons (Fsp3) is 0.154. The quantitative estimate of drug-likeness (QED) is 0.740. The summed E-state index contributed by atoms with van der Waals surface area (Å²) in [6.07, 6.45) is 0. The Morgan fingerprint density at radius 2 is 1.65 bits per heavy atom. The molecule has 0 amide bonds. The van der Waals surface area contributed by atoms with Gasteiger partial charge in [-0.25, -0.2) is 14.8 Å². The summed E-state index contributed by atoms with van der Waals surface area (Å²) in [5.41, 5.74) is 2.02. The van der Waals surface area contributed by atoms with Gasteiger partial charge in [0.05, 0.1) is 5.56 Å². The Bertz CT molecular complexity index is 518. The van der Waals surface area contributed by atoms with Crippen molar-refractivity contribution in [1.82, 2.24) is 9.97 Å². The van der Waals surface area contributed by atoms with E-state index in [4.69, 9.17) is 4.74 Å². The third kappa shape index (κ3) is 2.87. The zero-order valence-corrected chi connectivity index (χ0v) is 9.68. The van der Waals surface area contributed by atoms with Crippen LogP contribution in [0.25, 0.3) is 0 Å². The predicted octanol–water partition coefficient (Wildman–Crippen LogP) is 2.31. The second-order valence-electron chi connectivity index (χ2n) is 3.69. The van der Waals surface area contributed by atoms with Gasteiger partial charge in [-0.3, -0.25) is 0 Å². The van der Waals surface area contributed by atoms with Crippen LogP contribution in [0, 0.1) is 13.8 Å². The largest absolute Gasteiger partial charge is 0.387 e. The summed E-state index contributed by atoms with van der Waals surface area (Å²) in [4.78, 5) is 19.8. The van der Waals surface area contributed by atoms with E-state index < -0.39 is 5.97 Å². The minimum Gasteiger partial charge on any atom is -0.387 e. The first-order valence-corrected chi connectivity index (χ1v) is 5.24. The first-order chi connectivity index (χ1) is 8.15. The molecule has 0 radical (unpaired) electrons. The average Bonchev–Trinajstić information content (AvgIpc) is 2.28. The van der Waals surface area contributed by atoms with Gasteiger partial charge in [-0.15, -0.1) is 0 Å². The number of ether oxygens (including phenoxy) is 1. The van der Waals surface area contributed by atoms with Crippen LogP contribution in [0.15, 0.2) is 36.4 Å². The Kier molecular flexibility index (Phi) is 3.14. The standard InChI is InChI=1S/C13H12N2O2/c1-9-8-10(2)15-13(14-9)17-12(16)11-6-4-3-5-7-11/h3-8H,1-2H3. The van der Waals surface area contributed by atoms with E-state index >= 15 is 0 Å². The van der Waals surface area contributed by atoms with Crippen LogP contribution in [-0.2, 0) is 0 Å². The Balaban J connectivity index is 2.19. The molecule has 2 rings (SSSR count). The molecule has 1 aromatic carbocycles. The van der Waals surface area contributed by atoms with Crippen molar-refractivity contribution in [3.8, 4) is 6.01 Å². The Hall–Kier alpha value is -2.23. The molecule has 2 aromatic rings. The van der Waals surface area contributed by atoms with Gasteiger partial charge in [0.15, 0.2) is 0 Å². The van der Waals surface area contributed by atoms with E-state index in [0.29, 0.717) is 5.56 Å². The van der Waals surface area contributed by atoms with Crippen molar-refractivity contribution in [2.24, 2.45) is 0 Å². The van der Waals surface area contributed by atoms with Crippen molar-refractivity contribution in [2.45, 2.75) is 13.8 Å². The van der Waals surface area contributed by atoms with E-state index in [1.54, 1.807) is 24.3 Å². The second-order valence-corrected chi connectivity index (χ2v) is 3.69. The van der Waals surface area contributed by atoms with Gasteiger partial charge in [0.1, 0.15) is 0 Å². The Morgan fingerprint density at radius 3 is 2.24 bits per heavy atom. The molecule has 0 saturated carbocycles. The number of carbonyl (C=O) groups is 1. The molecule has 0 bridgehead atoms. The van der Waals surface area contributed by atoms with E-state index in [1.165, 1.54) is 0 Å². The topological polar surface area (TPSA) is 52.1 Å². The molecule has 1 heterocycles. The van der Waals surface area contributed by atoms with E-state index in [2.05, 4.69) is 9.97 Å². The number of aryl methyl sites for hydroxylation is 2. The number of hydrogen-bond donors (Lipinski definition) is 0. The molecule has 17 heavy (non-hydrogen) atoms. The summed E-state index contributed by atoms with van der Waals surface area (Å²) < 4.78 is 5.10. The molecule has 1 aromatic heterocycles. The summed E-state index contributed by atoms with van der Waals surface area (Å²) in [5.74, 6) is -0.449. The van der Waals surface area contributed by atoms with Crippen LogP contribution in [0.5, 0.6) is 6.01 Å². The maximum Gasteiger partial charge on any atom is 0.345 e. The van der Waals surface area contributed by atoms with Crippen LogP contribution in [0.3, 0.4) is 0 Å². The third-order valence-electron chi connectivity index (χ3n) is 2.16.